The lowest BCUT2D eigenvalue weighted by atomic mass is 10.2. The first-order valence-corrected chi connectivity index (χ1v) is 6.59. The number of aliphatic carboxylic acids is 1. The van der Waals surface area contributed by atoms with E-state index in [4.69, 9.17) is 5.11 Å². The third-order valence-electron chi connectivity index (χ3n) is 3.07. The molecule has 2 N–H and O–H groups in total. The molecular weight excluding hydrogens is 274 g/mol. The van der Waals surface area contributed by atoms with Crippen LogP contribution < -0.4 is 5.32 Å². The third-order valence-corrected chi connectivity index (χ3v) is 3.07. The number of carbonyl (C=O) groups is 2. The van der Waals surface area contributed by atoms with E-state index < -0.39 is 5.97 Å². The van der Waals surface area contributed by atoms with Crippen LogP contribution in [-0.4, -0.2) is 36.5 Å². The van der Waals surface area contributed by atoms with Crippen LogP contribution in [0.1, 0.15) is 36.1 Å². The van der Waals surface area contributed by atoms with E-state index in [1.165, 1.54) is 12.3 Å². The van der Waals surface area contributed by atoms with Crippen LogP contribution in [0.2, 0.25) is 0 Å². The summed E-state index contributed by atoms with van der Waals surface area (Å²) in [7, 11) is 0. The van der Waals surface area contributed by atoms with Crippen LogP contribution in [0, 0.1) is 0 Å². The van der Waals surface area contributed by atoms with Crippen LogP contribution in [0.15, 0.2) is 24.5 Å². The summed E-state index contributed by atoms with van der Waals surface area (Å²) in [5.41, 5.74) is 1.10. The number of hydrogen-bond donors (Lipinski definition) is 2. The normalized spacial score (nSPS) is 12.1. The van der Waals surface area contributed by atoms with E-state index in [2.05, 4.69) is 15.5 Å². The summed E-state index contributed by atoms with van der Waals surface area (Å²) < 4.78 is 2.95. The average Bonchev–Trinajstić information content (AvgIpc) is 3.05. The monoisotopic (exact) mass is 291 g/mol. The fourth-order valence-corrected chi connectivity index (χ4v) is 2.10. The van der Waals surface area contributed by atoms with Crippen molar-refractivity contribution in [2.75, 3.05) is 0 Å². The van der Waals surface area contributed by atoms with Gasteiger partial charge in [0, 0.05) is 18.9 Å². The van der Waals surface area contributed by atoms with Gasteiger partial charge in [0.25, 0.3) is 5.91 Å². The van der Waals surface area contributed by atoms with Crippen molar-refractivity contribution in [1.29, 1.82) is 0 Å². The summed E-state index contributed by atoms with van der Waals surface area (Å²) in [6.07, 6.45) is 3.08. The molecule has 1 atom stereocenters. The van der Waals surface area contributed by atoms with E-state index in [9.17, 15) is 9.59 Å². The smallest absolute Gasteiger partial charge is 0.325 e. The number of hydrogen-bond acceptors (Lipinski definition) is 4. The van der Waals surface area contributed by atoms with Gasteiger partial charge >= 0.3 is 5.97 Å². The Hall–Kier alpha value is -2.64. The number of amides is 1. The molecule has 0 aliphatic carbocycles. The maximum Gasteiger partial charge on any atom is 0.325 e. The molecule has 8 heteroatoms. The van der Waals surface area contributed by atoms with Gasteiger partial charge in [-0.2, -0.15) is 10.2 Å². The highest BCUT2D eigenvalue weighted by Crippen LogP contribution is 2.12. The van der Waals surface area contributed by atoms with Crippen LogP contribution in [0.4, 0.5) is 0 Å². The molecular formula is C13H17N5O3. The molecule has 0 aliphatic heterocycles. The predicted molar refractivity (Wildman–Crippen MR) is 73.6 cm³/mol. The molecule has 0 spiro atoms. The van der Waals surface area contributed by atoms with Crippen molar-refractivity contribution in [2.45, 2.75) is 33.0 Å². The number of aryl methyl sites for hydroxylation is 1. The Labute approximate surface area is 121 Å². The first kappa shape index (κ1) is 14.8. The van der Waals surface area contributed by atoms with E-state index in [-0.39, 0.29) is 24.2 Å². The molecule has 2 aromatic rings. The van der Waals surface area contributed by atoms with Crippen molar-refractivity contribution < 1.29 is 14.7 Å². The molecule has 2 heterocycles. The lowest BCUT2D eigenvalue weighted by molar-refractivity contribution is -0.137. The maximum absolute atomic E-state index is 12.2. The average molecular weight is 291 g/mol. The largest absolute Gasteiger partial charge is 0.480 e. The molecule has 21 heavy (non-hydrogen) atoms. The zero-order chi connectivity index (χ0) is 15.4. The molecule has 0 aliphatic rings. The number of nitrogens with zero attached hydrogens (tertiary/aromatic N) is 4. The van der Waals surface area contributed by atoms with E-state index >= 15 is 0 Å². The Morgan fingerprint density at radius 1 is 1.29 bits per heavy atom. The summed E-state index contributed by atoms with van der Waals surface area (Å²) in [4.78, 5) is 22.9. The fraction of sp³-hybridized carbons (Fsp3) is 0.385. The minimum Gasteiger partial charge on any atom is -0.480 e. The van der Waals surface area contributed by atoms with Crippen molar-refractivity contribution in [3.05, 3.63) is 35.9 Å². The Balaban J connectivity index is 2.11. The zero-order valence-corrected chi connectivity index (χ0v) is 11.9. The van der Waals surface area contributed by atoms with Gasteiger partial charge < -0.3 is 10.4 Å². The minimum atomic E-state index is -1.05. The first-order chi connectivity index (χ1) is 10.0. The highest BCUT2D eigenvalue weighted by Gasteiger charge is 2.18. The van der Waals surface area contributed by atoms with Gasteiger partial charge in [-0.3, -0.25) is 14.3 Å². The predicted octanol–water partition coefficient (Wildman–Crippen LogP) is 0.675. The SMILES string of the molecule is CCn1nccc1C(C)NC(=O)c1ccnn1CC(=O)O. The van der Waals surface area contributed by atoms with Crippen molar-refractivity contribution >= 4 is 11.9 Å². The van der Waals surface area contributed by atoms with Crippen LogP contribution in [-0.2, 0) is 17.9 Å². The minimum absolute atomic E-state index is 0.215. The molecule has 0 bridgehead atoms. The Bertz CT molecular complexity index is 646. The molecule has 1 unspecified atom stereocenters. The van der Waals surface area contributed by atoms with Crippen LogP contribution >= 0.6 is 0 Å². The fourth-order valence-electron chi connectivity index (χ4n) is 2.10. The number of carbonyl (C=O) groups excluding carboxylic acids is 1. The molecule has 0 radical (unpaired) electrons. The van der Waals surface area contributed by atoms with Crippen LogP contribution in [0.3, 0.4) is 0 Å². The Morgan fingerprint density at radius 2 is 1.95 bits per heavy atom. The summed E-state index contributed by atoms with van der Waals surface area (Å²) >= 11 is 0. The maximum atomic E-state index is 12.2. The number of nitrogens with one attached hydrogen (secondary N) is 1. The van der Waals surface area contributed by atoms with Gasteiger partial charge in [0.05, 0.1) is 11.7 Å². The second-order valence-electron chi connectivity index (χ2n) is 4.53. The van der Waals surface area contributed by atoms with E-state index in [1.54, 1.807) is 10.9 Å². The quantitative estimate of drug-likeness (QED) is 0.814. The van der Waals surface area contributed by atoms with Gasteiger partial charge in [-0.1, -0.05) is 0 Å². The van der Waals surface area contributed by atoms with E-state index in [0.717, 1.165) is 10.4 Å². The molecule has 0 saturated heterocycles. The van der Waals surface area contributed by atoms with Gasteiger partial charge in [-0.05, 0) is 26.0 Å². The molecule has 0 saturated carbocycles. The van der Waals surface area contributed by atoms with Crippen molar-refractivity contribution in [1.82, 2.24) is 24.9 Å². The van der Waals surface area contributed by atoms with Gasteiger partial charge in [-0.25, -0.2) is 4.68 Å². The second-order valence-corrected chi connectivity index (χ2v) is 4.53. The second kappa shape index (κ2) is 6.21. The Morgan fingerprint density at radius 3 is 2.62 bits per heavy atom. The molecule has 8 nitrogen and oxygen atoms in total. The number of aromatic nitrogens is 4. The number of rotatable bonds is 6. The lowest BCUT2D eigenvalue weighted by Crippen LogP contribution is -2.30. The molecule has 0 aromatic carbocycles. The standard InChI is InChI=1S/C13H17N5O3/c1-3-17-10(4-6-14-17)9(2)16-13(21)11-5-7-15-18(11)8-12(19)20/h4-7,9H,3,8H2,1-2H3,(H,16,21)(H,19,20). The van der Waals surface area contributed by atoms with Gasteiger partial charge in [0.1, 0.15) is 12.2 Å². The summed E-state index contributed by atoms with van der Waals surface area (Å²) in [5.74, 6) is -1.42. The Kier molecular flexibility index (Phi) is 4.36. The molecule has 112 valence electrons. The zero-order valence-electron chi connectivity index (χ0n) is 11.9. The summed E-state index contributed by atoms with van der Waals surface area (Å²) in [5, 5.41) is 19.6. The molecule has 2 rings (SSSR count). The number of carboxylic acid groups (broad SMARTS) is 1. The highest BCUT2D eigenvalue weighted by atomic mass is 16.4. The number of carboxylic acids is 1. The van der Waals surface area contributed by atoms with Crippen molar-refractivity contribution in [3.8, 4) is 0 Å². The molecule has 2 aromatic heterocycles. The summed E-state index contributed by atoms with van der Waals surface area (Å²) in [6, 6.07) is 3.08. The molecule has 1 amide bonds. The van der Waals surface area contributed by atoms with Gasteiger partial charge in [0.2, 0.25) is 0 Å². The first-order valence-electron chi connectivity index (χ1n) is 6.59. The summed E-state index contributed by atoms with van der Waals surface area (Å²) in [6.45, 7) is 4.17. The van der Waals surface area contributed by atoms with Crippen LogP contribution in [0.25, 0.3) is 0 Å². The van der Waals surface area contributed by atoms with Crippen LogP contribution in [0.5, 0.6) is 0 Å². The van der Waals surface area contributed by atoms with Gasteiger partial charge in [-0.15, -0.1) is 0 Å². The molecule has 0 fully saturated rings. The van der Waals surface area contributed by atoms with E-state index in [0.29, 0.717) is 6.54 Å². The van der Waals surface area contributed by atoms with E-state index in [1.807, 2.05) is 19.9 Å². The lowest BCUT2D eigenvalue weighted by Gasteiger charge is -2.15. The van der Waals surface area contributed by atoms with Gasteiger partial charge in [0.15, 0.2) is 0 Å². The highest BCUT2D eigenvalue weighted by molar-refractivity contribution is 5.93. The van der Waals surface area contributed by atoms with Crippen molar-refractivity contribution in [2.24, 2.45) is 0 Å². The van der Waals surface area contributed by atoms with Crippen molar-refractivity contribution in [3.63, 3.8) is 0 Å². The topological polar surface area (TPSA) is 102 Å². The third kappa shape index (κ3) is 3.28.